The Morgan fingerprint density at radius 2 is 1.96 bits per heavy atom. The molecule has 1 aliphatic rings. The second-order valence-electron chi connectivity index (χ2n) is 7.33. The van der Waals surface area contributed by atoms with E-state index in [-0.39, 0.29) is 0 Å². The SMILES string of the molecule is CCc1ccc(CN2CCC(c3nnc(Cn4ccnc4)n3C)CC2)nc1. The van der Waals surface area contributed by atoms with Crippen LogP contribution < -0.4 is 0 Å². The van der Waals surface area contributed by atoms with Crippen LogP contribution in [-0.4, -0.2) is 47.3 Å². The number of pyridine rings is 1. The molecule has 0 bridgehead atoms. The van der Waals surface area contributed by atoms with E-state index in [4.69, 9.17) is 0 Å². The number of hydrogen-bond donors (Lipinski definition) is 0. The molecule has 1 aliphatic heterocycles. The number of rotatable bonds is 6. The van der Waals surface area contributed by atoms with Crippen LogP contribution in [0.1, 0.15) is 48.6 Å². The molecule has 0 radical (unpaired) electrons. The average molecular weight is 365 g/mol. The lowest BCUT2D eigenvalue weighted by atomic mass is 9.96. The summed E-state index contributed by atoms with van der Waals surface area (Å²) in [6.07, 6.45) is 10.8. The zero-order valence-electron chi connectivity index (χ0n) is 16.1. The summed E-state index contributed by atoms with van der Waals surface area (Å²) in [4.78, 5) is 11.2. The van der Waals surface area contributed by atoms with Crippen molar-refractivity contribution in [2.75, 3.05) is 13.1 Å². The number of aryl methyl sites for hydroxylation is 1. The normalized spacial score (nSPS) is 16.1. The van der Waals surface area contributed by atoms with Crippen molar-refractivity contribution in [3.05, 3.63) is 60.0 Å². The predicted octanol–water partition coefficient (Wildman–Crippen LogP) is 2.40. The van der Waals surface area contributed by atoms with Gasteiger partial charge in [-0.25, -0.2) is 4.98 Å². The zero-order chi connectivity index (χ0) is 18.6. The van der Waals surface area contributed by atoms with Crippen LogP contribution in [0.2, 0.25) is 0 Å². The van der Waals surface area contributed by atoms with Gasteiger partial charge in [0.2, 0.25) is 0 Å². The number of hydrogen-bond acceptors (Lipinski definition) is 5. The maximum absolute atomic E-state index is 4.60. The highest BCUT2D eigenvalue weighted by Crippen LogP contribution is 2.27. The minimum absolute atomic E-state index is 0.478. The number of likely N-dealkylation sites (tertiary alicyclic amines) is 1. The first-order chi connectivity index (χ1) is 13.2. The molecule has 3 aromatic rings. The van der Waals surface area contributed by atoms with Crippen molar-refractivity contribution in [1.29, 1.82) is 0 Å². The first-order valence-electron chi connectivity index (χ1n) is 9.73. The van der Waals surface area contributed by atoms with Crippen molar-refractivity contribution < 1.29 is 0 Å². The molecular formula is C20H27N7. The minimum Gasteiger partial charge on any atom is -0.330 e. The molecule has 1 saturated heterocycles. The molecule has 0 aliphatic carbocycles. The molecule has 3 aromatic heterocycles. The van der Waals surface area contributed by atoms with Crippen LogP contribution in [0.15, 0.2) is 37.1 Å². The van der Waals surface area contributed by atoms with Gasteiger partial charge in [0.1, 0.15) is 5.82 Å². The van der Waals surface area contributed by atoms with Crippen LogP contribution in [0.5, 0.6) is 0 Å². The highest BCUT2D eigenvalue weighted by atomic mass is 15.3. The van der Waals surface area contributed by atoms with Gasteiger partial charge in [0.15, 0.2) is 5.82 Å². The molecule has 0 saturated carbocycles. The van der Waals surface area contributed by atoms with Crippen LogP contribution in [0, 0.1) is 0 Å². The zero-order valence-corrected chi connectivity index (χ0v) is 16.1. The average Bonchev–Trinajstić information content (AvgIpc) is 3.34. The molecule has 142 valence electrons. The molecule has 0 aromatic carbocycles. The number of nitrogens with zero attached hydrogens (tertiary/aromatic N) is 7. The summed E-state index contributed by atoms with van der Waals surface area (Å²) in [7, 11) is 2.08. The van der Waals surface area contributed by atoms with Gasteiger partial charge in [-0.05, 0) is 44.0 Å². The summed E-state index contributed by atoms with van der Waals surface area (Å²) >= 11 is 0. The van der Waals surface area contributed by atoms with E-state index in [1.807, 2.05) is 23.3 Å². The van der Waals surface area contributed by atoms with E-state index in [9.17, 15) is 0 Å². The second-order valence-corrected chi connectivity index (χ2v) is 7.33. The lowest BCUT2D eigenvalue weighted by Gasteiger charge is -2.31. The highest BCUT2D eigenvalue weighted by Gasteiger charge is 2.25. The Morgan fingerprint density at radius 3 is 2.63 bits per heavy atom. The summed E-state index contributed by atoms with van der Waals surface area (Å²) in [6, 6.07) is 4.35. The molecule has 27 heavy (non-hydrogen) atoms. The molecule has 0 spiro atoms. The highest BCUT2D eigenvalue weighted by molar-refractivity contribution is 5.14. The first kappa shape index (κ1) is 17.9. The minimum atomic E-state index is 0.478. The Labute approximate surface area is 160 Å². The fraction of sp³-hybridized carbons (Fsp3) is 0.500. The second kappa shape index (κ2) is 8.00. The summed E-state index contributed by atoms with van der Waals surface area (Å²) in [5.74, 6) is 2.56. The van der Waals surface area contributed by atoms with Crippen LogP contribution in [-0.2, 0) is 26.6 Å². The third-order valence-corrected chi connectivity index (χ3v) is 5.51. The van der Waals surface area contributed by atoms with E-state index >= 15 is 0 Å². The van der Waals surface area contributed by atoms with Crippen molar-refractivity contribution in [3.63, 3.8) is 0 Å². The largest absolute Gasteiger partial charge is 0.330 e. The molecule has 7 heteroatoms. The van der Waals surface area contributed by atoms with Gasteiger partial charge in [0.05, 0.1) is 18.6 Å². The van der Waals surface area contributed by atoms with E-state index in [2.05, 4.69) is 55.7 Å². The van der Waals surface area contributed by atoms with Gasteiger partial charge < -0.3 is 9.13 Å². The van der Waals surface area contributed by atoms with Crippen molar-refractivity contribution >= 4 is 0 Å². The molecule has 0 atom stereocenters. The Balaban J connectivity index is 1.34. The lowest BCUT2D eigenvalue weighted by Crippen LogP contribution is -2.33. The summed E-state index contributed by atoms with van der Waals surface area (Å²) in [5.41, 5.74) is 2.46. The van der Waals surface area contributed by atoms with Gasteiger partial charge in [-0.3, -0.25) is 9.88 Å². The van der Waals surface area contributed by atoms with Gasteiger partial charge in [0.25, 0.3) is 0 Å². The van der Waals surface area contributed by atoms with Crippen molar-refractivity contribution in [1.82, 2.24) is 34.2 Å². The quantitative estimate of drug-likeness (QED) is 0.671. The standard InChI is InChI=1S/C20H27N7/c1-3-16-4-5-18(22-12-16)13-26-9-6-17(7-10-26)20-24-23-19(25(20)2)14-27-11-8-21-15-27/h4-5,8,11-12,15,17H,3,6-7,9-10,13-14H2,1-2H3. The van der Waals surface area contributed by atoms with Gasteiger partial charge in [-0.1, -0.05) is 13.0 Å². The van der Waals surface area contributed by atoms with Gasteiger partial charge in [-0.15, -0.1) is 10.2 Å². The fourth-order valence-corrected chi connectivity index (χ4v) is 3.75. The molecular weight excluding hydrogens is 338 g/mol. The van der Waals surface area contributed by atoms with Crippen molar-refractivity contribution in [2.45, 2.75) is 45.2 Å². The maximum atomic E-state index is 4.60. The summed E-state index contributed by atoms with van der Waals surface area (Å²) in [5, 5.41) is 8.91. The Kier molecular flexibility index (Phi) is 5.29. The molecule has 0 amide bonds. The fourth-order valence-electron chi connectivity index (χ4n) is 3.75. The van der Waals surface area contributed by atoms with E-state index in [0.29, 0.717) is 12.5 Å². The predicted molar refractivity (Wildman–Crippen MR) is 103 cm³/mol. The third kappa shape index (κ3) is 4.08. The van der Waals surface area contributed by atoms with E-state index in [1.165, 1.54) is 5.56 Å². The molecule has 4 rings (SSSR count). The summed E-state index contributed by atoms with van der Waals surface area (Å²) < 4.78 is 4.18. The van der Waals surface area contributed by atoms with Crippen LogP contribution in [0.25, 0.3) is 0 Å². The molecule has 7 nitrogen and oxygen atoms in total. The molecule has 4 heterocycles. The number of aromatic nitrogens is 6. The van der Waals surface area contributed by atoms with Crippen LogP contribution in [0.3, 0.4) is 0 Å². The van der Waals surface area contributed by atoms with E-state index < -0.39 is 0 Å². The van der Waals surface area contributed by atoms with Crippen LogP contribution >= 0.6 is 0 Å². The molecule has 0 N–H and O–H groups in total. The molecule has 0 unspecified atom stereocenters. The number of piperidine rings is 1. The third-order valence-electron chi connectivity index (χ3n) is 5.51. The van der Waals surface area contributed by atoms with E-state index in [0.717, 1.165) is 56.2 Å². The van der Waals surface area contributed by atoms with Gasteiger partial charge in [-0.2, -0.15) is 0 Å². The van der Waals surface area contributed by atoms with Crippen molar-refractivity contribution in [2.24, 2.45) is 7.05 Å². The van der Waals surface area contributed by atoms with Gasteiger partial charge in [0, 0.05) is 38.1 Å². The Morgan fingerprint density at radius 1 is 1.11 bits per heavy atom. The summed E-state index contributed by atoms with van der Waals surface area (Å²) in [6.45, 7) is 5.95. The smallest absolute Gasteiger partial charge is 0.152 e. The first-order valence-corrected chi connectivity index (χ1v) is 9.73. The van der Waals surface area contributed by atoms with E-state index in [1.54, 1.807) is 6.20 Å². The van der Waals surface area contributed by atoms with Crippen molar-refractivity contribution in [3.8, 4) is 0 Å². The Hall–Kier alpha value is -2.54. The Bertz CT molecular complexity index is 843. The maximum Gasteiger partial charge on any atom is 0.152 e. The van der Waals surface area contributed by atoms with Crippen LogP contribution in [0.4, 0.5) is 0 Å². The van der Waals surface area contributed by atoms with Gasteiger partial charge >= 0.3 is 0 Å². The lowest BCUT2D eigenvalue weighted by molar-refractivity contribution is 0.198. The number of imidazole rings is 1. The molecule has 1 fully saturated rings. The topological polar surface area (TPSA) is 64.7 Å². The monoisotopic (exact) mass is 365 g/mol.